The van der Waals surface area contributed by atoms with Gasteiger partial charge in [0.15, 0.2) is 0 Å². The van der Waals surface area contributed by atoms with Crippen LogP contribution in [0.5, 0.6) is 0 Å². The van der Waals surface area contributed by atoms with Crippen LogP contribution in [-0.4, -0.2) is 48.0 Å². The molecule has 0 spiro atoms. The quantitative estimate of drug-likeness (QED) is 0.372. The Morgan fingerprint density at radius 3 is 1.42 bits per heavy atom. The average molecular weight is 383 g/mol. The van der Waals surface area contributed by atoms with E-state index in [1.165, 1.54) is 0 Å². The zero-order valence-electron chi connectivity index (χ0n) is 12.6. The van der Waals surface area contributed by atoms with Gasteiger partial charge in [-0.3, -0.25) is 0 Å². The second-order valence-electron chi connectivity index (χ2n) is 5.63. The van der Waals surface area contributed by atoms with Gasteiger partial charge >= 0.3 is 12.2 Å². The van der Waals surface area contributed by atoms with E-state index in [2.05, 4.69) is 0 Å². The third-order valence-electron chi connectivity index (χ3n) is 2.81. The Morgan fingerprint density at radius 1 is 0.667 bits per heavy atom. The highest BCUT2D eigenvalue weighted by atomic mass is 19.4. The van der Waals surface area contributed by atoms with E-state index >= 15 is 0 Å². The van der Waals surface area contributed by atoms with Gasteiger partial charge in [0.25, 0.3) is 17.8 Å². The molecule has 0 aromatic heterocycles. The van der Waals surface area contributed by atoms with Crippen LogP contribution in [0.1, 0.15) is 33.1 Å². The van der Waals surface area contributed by atoms with Gasteiger partial charge in [0.2, 0.25) is 0 Å². The summed E-state index contributed by atoms with van der Waals surface area (Å²) in [5.74, 6) is -12.9. The molecule has 0 bridgehead atoms. The van der Waals surface area contributed by atoms with Crippen molar-refractivity contribution in [1.29, 1.82) is 0 Å². The number of rotatable bonds is 9. The van der Waals surface area contributed by atoms with E-state index in [0.29, 0.717) is 0 Å². The van der Waals surface area contributed by atoms with Crippen molar-refractivity contribution in [3.63, 3.8) is 0 Å². The lowest BCUT2D eigenvalue weighted by Gasteiger charge is -2.36. The van der Waals surface area contributed by atoms with E-state index in [1.807, 2.05) is 0 Å². The summed E-state index contributed by atoms with van der Waals surface area (Å²) in [7, 11) is 0. The molecule has 1 nitrogen and oxygen atoms in total. The summed E-state index contributed by atoms with van der Waals surface area (Å²) < 4.78 is 142. The fraction of sp³-hybridized carbons (Fsp3) is 1.00. The summed E-state index contributed by atoms with van der Waals surface area (Å²) >= 11 is 0. The largest absolute Gasteiger partial charge is 0.394 e. The van der Waals surface area contributed by atoms with Gasteiger partial charge < -0.3 is 0 Å². The van der Waals surface area contributed by atoms with Gasteiger partial charge in [-0.15, -0.1) is 0 Å². The monoisotopic (exact) mass is 383 g/mol. The van der Waals surface area contributed by atoms with Gasteiger partial charge in [-0.2, -0.15) is 22.0 Å². The summed E-state index contributed by atoms with van der Waals surface area (Å²) in [6.45, 7) is -3.70. The third kappa shape index (κ3) is 9.48. The zero-order chi connectivity index (χ0) is 19.6. The molecule has 0 saturated heterocycles. The van der Waals surface area contributed by atoms with Crippen molar-refractivity contribution in [2.75, 3.05) is 13.1 Å². The molecule has 0 fully saturated rings. The van der Waals surface area contributed by atoms with E-state index in [1.54, 1.807) is 0 Å². The first-order valence-electron chi connectivity index (χ1n) is 6.62. The molecule has 0 saturated carbocycles. The Kier molecular flexibility index (Phi) is 6.96. The van der Waals surface area contributed by atoms with Crippen molar-refractivity contribution in [3.05, 3.63) is 0 Å². The minimum absolute atomic E-state index is 0.00487. The number of halogens is 11. The lowest BCUT2D eigenvalue weighted by molar-refractivity contribution is -0.245. The molecular weight excluding hydrogens is 367 g/mol. The predicted molar refractivity (Wildman–Crippen MR) is 62.6 cm³/mol. The average Bonchev–Trinajstić information content (AvgIpc) is 2.20. The van der Waals surface area contributed by atoms with E-state index < -0.39 is 67.2 Å². The first-order valence-corrected chi connectivity index (χ1v) is 6.62. The molecule has 0 rings (SSSR count). The van der Waals surface area contributed by atoms with Gasteiger partial charge in [0.05, 0.1) is 19.5 Å². The molecule has 0 amide bonds. The Labute approximate surface area is 130 Å². The van der Waals surface area contributed by atoms with Crippen LogP contribution in [0.3, 0.4) is 0 Å². The van der Waals surface area contributed by atoms with Crippen LogP contribution in [0.25, 0.3) is 0 Å². The predicted octanol–water partition coefficient (Wildman–Crippen LogP) is 5.56. The van der Waals surface area contributed by atoms with Gasteiger partial charge in [0, 0.05) is 6.42 Å². The highest BCUT2D eigenvalue weighted by molar-refractivity contribution is 4.85. The molecule has 0 aliphatic carbocycles. The zero-order valence-corrected chi connectivity index (χ0v) is 12.6. The van der Waals surface area contributed by atoms with Gasteiger partial charge in [-0.25, -0.2) is 31.2 Å². The number of nitrogens with zero attached hydrogens (tertiary/aromatic N) is 1. The van der Waals surface area contributed by atoms with E-state index in [9.17, 15) is 48.3 Å². The molecule has 0 aromatic carbocycles. The van der Waals surface area contributed by atoms with Crippen molar-refractivity contribution in [2.24, 2.45) is 0 Å². The first-order chi connectivity index (χ1) is 10.3. The van der Waals surface area contributed by atoms with Crippen LogP contribution >= 0.6 is 0 Å². The summed E-state index contributed by atoms with van der Waals surface area (Å²) in [5.41, 5.74) is 0. The SMILES string of the molecule is CCC(F)(F)CN(CC(F)(F)CC(F)(F)F)C(F)(F)CC(C)(F)F. The van der Waals surface area contributed by atoms with E-state index in [0.717, 1.165) is 6.92 Å². The first kappa shape index (κ1) is 23.2. The van der Waals surface area contributed by atoms with Crippen LogP contribution in [0, 0.1) is 0 Å². The Hall–Kier alpha value is -0.810. The Balaban J connectivity index is 5.49. The molecule has 0 atom stereocenters. The molecule has 146 valence electrons. The van der Waals surface area contributed by atoms with Crippen LogP contribution in [0.15, 0.2) is 0 Å². The Bertz CT molecular complexity index is 397. The Morgan fingerprint density at radius 2 is 1.08 bits per heavy atom. The lowest BCUT2D eigenvalue weighted by atomic mass is 10.1. The second-order valence-corrected chi connectivity index (χ2v) is 5.63. The normalized spacial score (nSPS) is 15.2. The lowest BCUT2D eigenvalue weighted by Crippen LogP contribution is -2.54. The van der Waals surface area contributed by atoms with Crippen LogP contribution < -0.4 is 0 Å². The number of hydrogen-bond donors (Lipinski definition) is 0. The molecule has 12 heteroatoms. The topological polar surface area (TPSA) is 3.24 Å². The van der Waals surface area contributed by atoms with E-state index in [4.69, 9.17) is 0 Å². The van der Waals surface area contributed by atoms with E-state index in [-0.39, 0.29) is 6.92 Å². The third-order valence-corrected chi connectivity index (χ3v) is 2.81. The van der Waals surface area contributed by atoms with Gasteiger partial charge in [-0.05, 0) is 6.92 Å². The summed E-state index contributed by atoms with van der Waals surface area (Å²) in [4.78, 5) is -1.01. The molecule has 0 aliphatic heterocycles. The maximum absolute atomic E-state index is 13.7. The molecule has 0 radical (unpaired) electrons. The maximum atomic E-state index is 13.7. The fourth-order valence-electron chi connectivity index (χ4n) is 1.79. The van der Waals surface area contributed by atoms with Crippen LogP contribution in [-0.2, 0) is 0 Å². The van der Waals surface area contributed by atoms with Crippen LogP contribution in [0.2, 0.25) is 0 Å². The van der Waals surface area contributed by atoms with Crippen molar-refractivity contribution in [1.82, 2.24) is 4.90 Å². The van der Waals surface area contributed by atoms with Crippen LogP contribution in [0.4, 0.5) is 48.3 Å². The maximum Gasteiger partial charge on any atom is 0.394 e. The van der Waals surface area contributed by atoms with Gasteiger partial charge in [-0.1, -0.05) is 6.92 Å². The number of alkyl halides is 11. The molecule has 0 aliphatic rings. The fourth-order valence-corrected chi connectivity index (χ4v) is 1.79. The molecule has 0 aromatic rings. The highest BCUT2D eigenvalue weighted by Crippen LogP contribution is 2.39. The minimum Gasteiger partial charge on any atom is -0.232 e. The minimum atomic E-state index is -5.45. The van der Waals surface area contributed by atoms with Crippen molar-refractivity contribution in [2.45, 2.75) is 63.1 Å². The van der Waals surface area contributed by atoms with Crippen molar-refractivity contribution < 1.29 is 48.3 Å². The summed E-state index contributed by atoms with van der Waals surface area (Å²) in [6.07, 6.45) is -11.8. The molecular formula is C12H16F11N. The molecule has 0 heterocycles. The molecule has 24 heavy (non-hydrogen) atoms. The summed E-state index contributed by atoms with van der Waals surface area (Å²) in [6, 6.07) is -4.86. The molecule has 0 N–H and O–H groups in total. The van der Waals surface area contributed by atoms with Crippen molar-refractivity contribution in [3.8, 4) is 0 Å². The smallest absolute Gasteiger partial charge is 0.232 e. The summed E-state index contributed by atoms with van der Waals surface area (Å²) in [5, 5.41) is 0. The molecule has 0 unspecified atom stereocenters. The highest BCUT2D eigenvalue weighted by Gasteiger charge is 2.53. The van der Waals surface area contributed by atoms with Gasteiger partial charge in [0.1, 0.15) is 6.42 Å². The second kappa shape index (κ2) is 7.20. The standard InChI is InChI=1S/C12H16F11N/c1-3-9(15,16)6-24(12(22,23)4-8(2,13)14)7-10(17,18)5-11(19,20)21/h3-7H2,1-2H3. The van der Waals surface area contributed by atoms with Crippen molar-refractivity contribution >= 4 is 0 Å². The number of hydrogen-bond acceptors (Lipinski definition) is 1.